The second-order valence-corrected chi connectivity index (χ2v) is 4.43. The largest absolute Gasteiger partial charge is 0.435 e. The molecule has 0 aliphatic heterocycles. The lowest BCUT2D eigenvalue weighted by Crippen LogP contribution is -2.27. The van der Waals surface area contributed by atoms with Gasteiger partial charge in [0, 0.05) is 13.6 Å². The number of amides is 1. The van der Waals surface area contributed by atoms with Gasteiger partial charge in [-0.05, 0) is 24.6 Å². The van der Waals surface area contributed by atoms with Crippen LogP contribution in [0.15, 0.2) is 24.3 Å². The van der Waals surface area contributed by atoms with E-state index < -0.39 is 6.61 Å². The van der Waals surface area contributed by atoms with Crippen molar-refractivity contribution in [2.45, 2.75) is 20.1 Å². The molecule has 0 aliphatic carbocycles. The fourth-order valence-electron chi connectivity index (χ4n) is 1.73. The third kappa shape index (κ3) is 3.98. The topological polar surface area (TPSA) is 71.1 Å². The van der Waals surface area contributed by atoms with Gasteiger partial charge < -0.3 is 9.64 Å². The Morgan fingerprint density at radius 3 is 2.57 bits per heavy atom. The maximum Gasteiger partial charge on any atom is 0.387 e. The van der Waals surface area contributed by atoms with Gasteiger partial charge in [-0.3, -0.25) is 9.89 Å². The highest BCUT2D eigenvalue weighted by molar-refractivity contribution is 5.90. The molecule has 6 nitrogen and oxygen atoms in total. The average molecular weight is 296 g/mol. The molecule has 1 amide bonds. The highest BCUT2D eigenvalue weighted by Gasteiger charge is 2.16. The van der Waals surface area contributed by atoms with Crippen LogP contribution in [0.25, 0.3) is 0 Å². The van der Waals surface area contributed by atoms with Crippen molar-refractivity contribution in [2.24, 2.45) is 0 Å². The molecule has 2 rings (SSSR count). The van der Waals surface area contributed by atoms with Crippen LogP contribution in [-0.2, 0) is 6.54 Å². The summed E-state index contributed by atoms with van der Waals surface area (Å²) in [7, 11) is 1.61. The fraction of sp³-hybridized carbons (Fsp3) is 0.308. The van der Waals surface area contributed by atoms with Crippen molar-refractivity contribution in [1.29, 1.82) is 0 Å². The Bertz CT molecular complexity index is 613. The monoisotopic (exact) mass is 296 g/mol. The number of aryl methyl sites for hydroxylation is 1. The molecule has 0 saturated heterocycles. The van der Waals surface area contributed by atoms with Crippen LogP contribution in [0, 0.1) is 6.92 Å². The van der Waals surface area contributed by atoms with Crippen LogP contribution < -0.4 is 4.74 Å². The van der Waals surface area contributed by atoms with E-state index in [9.17, 15) is 13.6 Å². The number of rotatable bonds is 5. The number of H-pyrrole nitrogens is 1. The van der Waals surface area contributed by atoms with E-state index in [0.29, 0.717) is 12.4 Å². The number of nitrogens with one attached hydrogen (secondary N) is 1. The maximum atomic E-state index is 12.0. The molecule has 21 heavy (non-hydrogen) atoms. The Balaban J connectivity index is 1.99. The van der Waals surface area contributed by atoms with Gasteiger partial charge in [-0.2, -0.15) is 8.78 Å². The summed E-state index contributed by atoms with van der Waals surface area (Å²) in [6, 6.07) is 6.09. The first-order valence-electron chi connectivity index (χ1n) is 6.14. The van der Waals surface area contributed by atoms with Gasteiger partial charge in [0.1, 0.15) is 11.6 Å². The minimum absolute atomic E-state index is 0.0762. The predicted octanol–water partition coefficient (Wildman–Crippen LogP) is 1.99. The number of hydrogen-bond donors (Lipinski definition) is 1. The zero-order valence-corrected chi connectivity index (χ0v) is 11.5. The van der Waals surface area contributed by atoms with Crippen molar-refractivity contribution < 1.29 is 18.3 Å². The number of halogens is 2. The Morgan fingerprint density at radius 1 is 1.38 bits per heavy atom. The molecule has 0 saturated carbocycles. The van der Waals surface area contributed by atoms with Crippen LogP contribution in [0.2, 0.25) is 0 Å². The quantitative estimate of drug-likeness (QED) is 0.916. The summed E-state index contributed by atoms with van der Waals surface area (Å²) in [6.45, 7) is -0.846. The number of aromatic nitrogens is 3. The van der Waals surface area contributed by atoms with Crippen LogP contribution >= 0.6 is 0 Å². The number of carbonyl (C=O) groups excluding carboxylic acids is 1. The molecule has 0 fully saturated rings. The number of carbonyl (C=O) groups is 1. The highest BCUT2D eigenvalue weighted by atomic mass is 19.3. The molecule has 0 atom stereocenters. The molecule has 0 aliphatic rings. The van der Waals surface area contributed by atoms with E-state index in [4.69, 9.17) is 0 Å². The van der Waals surface area contributed by atoms with Crippen molar-refractivity contribution in [3.8, 4) is 5.75 Å². The summed E-state index contributed by atoms with van der Waals surface area (Å²) in [6.07, 6.45) is 0. The third-order valence-electron chi connectivity index (χ3n) is 2.70. The Kier molecular flexibility index (Phi) is 4.46. The fourth-order valence-corrected chi connectivity index (χ4v) is 1.73. The number of alkyl halides is 2. The molecule has 2 aromatic rings. The van der Waals surface area contributed by atoms with Crippen molar-refractivity contribution >= 4 is 5.91 Å². The van der Waals surface area contributed by atoms with E-state index >= 15 is 0 Å². The molecule has 0 bridgehead atoms. The molecular formula is C13H14F2N4O2. The minimum Gasteiger partial charge on any atom is -0.435 e. The SMILES string of the molecule is Cc1nc(C(=O)N(C)Cc2ccc(OC(F)F)cc2)n[nH]1. The van der Waals surface area contributed by atoms with Gasteiger partial charge in [-0.25, -0.2) is 4.98 Å². The van der Waals surface area contributed by atoms with Crippen LogP contribution in [0.3, 0.4) is 0 Å². The lowest BCUT2D eigenvalue weighted by molar-refractivity contribution is -0.0498. The molecule has 1 N–H and O–H groups in total. The summed E-state index contributed by atoms with van der Waals surface area (Å²) in [5.74, 6) is 0.396. The van der Waals surface area contributed by atoms with Crippen molar-refractivity contribution in [1.82, 2.24) is 20.1 Å². The van der Waals surface area contributed by atoms with E-state index in [0.717, 1.165) is 5.56 Å². The van der Waals surface area contributed by atoms with Crippen LogP contribution in [0.1, 0.15) is 22.0 Å². The van der Waals surface area contributed by atoms with Gasteiger partial charge >= 0.3 is 6.61 Å². The number of ether oxygens (including phenoxy) is 1. The van der Waals surface area contributed by atoms with Crippen LogP contribution in [0.5, 0.6) is 5.75 Å². The molecule has 1 aromatic carbocycles. The van der Waals surface area contributed by atoms with Crippen LogP contribution in [-0.4, -0.2) is 39.6 Å². The van der Waals surface area contributed by atoms with Gasteiger partial charge in [-0.15, -0.1) is 5.10 Å². The molecule has 0 radical (unpaired) electrons. The zero-order chi connectivity index (χ0) is 15.4. The summed E-state index contributed by atoms with van der Waals surface area (Å²) in [5, 5.41) is 6.39. The first-order valence-corrected chi connectivity index (χ1v) is 6.14. The lowest BCUT2D eigenvalue weighted by atomic mass is 10.2. The first-order chi connectivity index (χ1) is 9.95. The maximum absolute atomic E-state index is 12.0. The summed E-state index contributed by atoms with van der Waals surface area (Å²) < 4.78 is 28.3. The molecule has 0 spiro atoms. The molecule has 8 heteroatoms. The van der Waals surface area contributed by atoms with Crippen molar-refractivity contribution in [3.05, 3.63) is 41.5 Å². The number of nitrogens with zero attached hydrogens (tertiary/aromatic N) is 3. The minimum atomic E-state index is -2.85. The van der Waals surface area contributed by atoms with E-state index in [1.165, 1.54) is 17.0 Å². The van der Waals surface area contributed by atoms with Gasteiger partial charge in [0.25, 0.3) is 5.91 Å². The van der Waals surface area contributed by atoms with E-state index in [-0.39, 0.29) is 17.5 Å². The number of hydrogen-bond acceptors (Lipinski definition) is 4. The standard InChI is InChI=1S/C13H14F2N4O2/c1-8-16-11(18-17-8)12(20)19(2)7-9-3-5-10(6-4-9)21-13(14)15/h3-6,13H,7H2,1-2H3,(H,16,17,18). The zero-order valence-electron chi connectivity index (χ0n) is 11.5. The Hall–Kier alpha value is -2.51. The third-order valence-corrected chi connectivity index (χ3v) is 2.70. The van der Waals surface area contributed by atoms with Crippen LogP contribution in [0.4, 0.5) is 8.78 Å². The smallest absolute Gasteiger partial charge is 0.387 e. The summed E-state index contributed by atoms with van der Waals surface area (Å²) in [4.78, 5) is 17.4. The Labute approximate surface area is 119 Å². The second-order valence-electron chi connectivity index (χ2n) is 4.43. The predicted molar refractivity (Wildman–Crippen MR) is 70.0 cm³/mol. The molecule has 1 aromatic heterocycles. The summed E-state index contributed by atoms with van der Waals surface area (Å²) >= 11 is 0. The van der Waals surface area contributed by atoms with E-state index in [2.05, 4.69) is 19.9 Å². The Morgan fingerprint density at radius 2 is 2.05 bits per heavy atom. The van der Waals surface area contributed by atoms with Crippen molar-refractivity contribution in [2.75, 3.05) is 7.05 Å². The summed E-state index contributed by atoms with van der Waals surface area (Å²) in [5.41, 5.74) is 0.778. The highest BCUT2D eigenvalue weighted by Crippen LogP contribution is 2.16. The molecule has 1 heterocycles. The van der Waals surface area contributed by atoms with Gasteiger partial charge in [0.05, 0.1) is 0 Å². The first kappa shape index (κ1) is 14.9. The lowest BCUT2D eigenvalue weighted by Gasteiger charge is -2.15. The average Bonchev–Trinajstić information content (AvgIpc) is 2.86. The second kappa shape index (κ2) is 6.29. The normalized spacial score (nSPS) is 10.7. The molecule has 112 valence electrons. The van der Waals surface area contributed by atoms with Gasteiger partial charge in [0.2, 0.25) is 5.82 Å². The number of benzene rings is 1. The van der Waals surface area contributed by atoms with E-state index in [1.54, 1.807) is 26.1 Å². The van der Waals surface area contributed by atoms with Gasteiger partial charge in [-0.1, -0.05) is 12.1 Å². The van der Waals surface area contributed by atoms with Crippen molar-refractivity contribution in [3.63, 3.8) is 0 Å². The molecule has 0 unspecified atom stereocenters. The molecular weight excluding hydrogens is 282 g/mol. The number of aromatic amines is 1. The van der Waals surface area contributed by atoms with Gasteiger partial charge in [0.15, 0.2) is 0 Å². The van der Waals surface area contributed by atoms with E-state index in [1.807, 2.05) is 0 Å².